The molecular weight excluding hydrogens is 304 g/mol. The van der Waals surface area contributed by atoms with Crippen LogP contribution >= 0.6 is 23.4 Å². The van der Waals surface area contributed by atoms with E-state index < -0.39 is 5.72 Å². The molecule has 0 radical (unpaired) electrons. The van der Waals surface area contributed by atoms with Crippen molar-refractivity contribution < 1.29 is 5.11 Å². The van der Waals surface area contributed by atoms with Gasteiger partial charge in [0.25, 0.3) is 0 Å². The molecule has 1 saturated heterocycles. The molecule has 0 aromatic heterocycles. The van der Waals surface area contributed by atoms with Crippen LogP contribution in [0.5, 0.6) is 0 Å². The molecule has 1 aromatic carbocycles. The van der Waals surface area contributed by atoms with Crippen molar-refractivity contribution in [3.8, 4) is 0 Å². The molecule has 1 aromatic rings. The van der Waals surface area contributed by atoms with E-state index in [1.54, 1.807) is 11.8 Å². The van der Waals surface area contributed by atoms with E-state index in [9.17, 15) is 5.11 Å². The normalized spacial score (nSPS) is 28.4. The molecule has 1 N–H and O–H groups in total. The zero-order chi connectivity index (χ0) is 14.9. The molecule has 0 bridgehead atoms. The van der Waals surface area contributed by atoms with Crippen molar-refractivity contribution >= 4 is 28.5 Å². The van der Waals surface area contributed by atoms with Crippen molar-refractivity contribution in [1.29, 1.82) is 0 Å². The summed E-state index contributed by atoms with van der Waals surface area (Å²) in [7, 11) is 0. The van der Waals surface area contributed by atoms with E-state index in [-0.39, 0.29) is 5.25 Å². The highest BCUT2D eigenvalue weighted by Crippen LogP contribution is 2.48. The minimum Gasteiger partial charge on any atom is -0.366 e. The van der Waals surface area contributed by atoms with Gasteiger partial charge in [0, 0.05) is 23.7 Å². The van der Waals surface area contributed by atoms with Gasteiger partial charge in [0.15, 0.2) is 10.9 Å². The Morgan fingerprint density at radius 3 is 2.90 bits per heavy atom. The Kier molecular flexibility index (Phi) is 4.48. The van der Waals surface area contributed by atoms with Crippen LogP contribution in [0.1, 0.15) is 38.2 Å². The van der Waals surface area contributed by atoms with Gasteiger partial charge in [0.05, 0.1) is 5.25 Å². The van der Waals surface area contributed by atoms with E-state index >= 15 is 0 Å². The predicted octanol–water partition coefficient (Wildman–Crippen LogP) is 3.85. The number of benzene rings is 1. The highest BCUT2D eigenvalue weighted by molar-refractivity contribution is 8.14. The summed E-state index contributed by atoms with van der Waals surface area (Å²) in [4.78, 5) is 6.70. The third kappa shape index (κ3) is 2.69. The molecule has 2 atom stereocenters. The minimum absolute atomic E-state index is 0.135. The molecule has 21 heavy (non-hydrogen) atoms. The van der Waals surface area contributed by atoms with Crippen molar-refractivity contribution in [2.45, 2.75) is 43.6 Å². The van der Waals surface area contributed by atoms with Gasteiger partial charge < -0.3 is 10.0 Å². The maximum atomic E-state index is 11.5. The highest BCUT2D eigenvalue weighted by atomic mass is 35.5. The average Bonchev–Trinajstić information content (AvgIpc) is 2.80. The summed E-state index contributed by atoms with van der Waals surface area (Å²) in [6.45, 7) is 3.93. The maximum absolute atomic E-state index is 11.5. The summed E-state index contributed by atoms with van der Waals surface area (Å²) in [5.74, 6) is 0. The Labute approximate surface area is 135 Å². The first-order valence-corrected chi connectivity index (χ1v) is 8.89. The Hall–Kier alpha value is -0.710. The van der Waals surface area contributed by atoms with Crippen LogP contribution in [0.3, 0.4) is 0 Å². The van der Waals surface area contributed by atoms with E-state index in [4.69, 9.17) is 11.6 Å². The number of hydrogen-bond donors (Lipinski definition) is 1. The van der Waals surface area contributed by atoms with Gasteiger partial charge >= 0.3 is 0 Å². The molecule has 2 heterocycles. The van der Waals surface area contributed by atoms with Gasteiger partial charge in [-0.25, -0.2) is 0 Å². The Morgan fingerprint density at radius 2 is 2.19 bits per heavy atom. The van der Waals surface area contributed by atoms with Crippen molar-refractivity contribution in [3.63, 3.8) is 0 Å². The zero-order valence-corrected chi connectivity index (χ0v) is 13.8. The monoisotopic (exact) mass is 324 g/mol. The van der Waals surface area contributed by atoms with Crippen molar-refractivity contribution in [1.82, 2.24) is 4.90 Å². The molecule has 0 aliphatic carbocycles. The van der Waals surface area contributed by atoms with Gasteiger partial charge in [-0.1, -0.05) is 55.3 Å². The second-order valence-electron chi connectivity index (χ2n) is 5.65. The van der Waals surface area contributed by atoms with Crippen molar-refractivity contribution in [2.75, 3.05) is 13.1 Å². The number of amidine groups is 1. The molecular formula is C16H21ClN2OS. The summed E-state index contributed by atoms with van der Waals surface area (Å²) in [5, 5.41) is 13.4. The lowest BCUT2D eigenvalue weighted by molar-refractivity contribution is -0.0738. The third-order valence-corrected chi connectivity index (χ3v) is 5.88. The summed E-state index contributed by atoms with van der Waals surface area (Å²) in [5.41, 5.74) is -0.0310. The van der Waals surface area contributed by atoms with E-state index in [0.29, 0.717) is 5.02 Å². The van der Waals surface area contributed by atoms with Crippen LogP contribution in [0.4, 0.5) is 0 Å². The Balaban J connectivity index is 1.98. The number of nitrogens with zero attached hydrogens (tertiary/aromatic N) is 2. The molecule has 3 rings (SSSR count). The molecule has 0 amide bonds. The minimum atomic E-state index is -0.955. The van der Waals surface area contributed by atoms with E-state index in [2.05, 4.69) is 16.8 Å². The lowest BCUT2D eigenvalue weighted by atomic mass is 9.94. The van der Waals surface area contributed by atoms with Crippen molar-refractivity contribution in [3.05, 3.63) is 34.9 Å². The maximum Gasteiger partial charge on any atom is 0.178 e. The number of fused-ring (bicyclic) bond motifs is 1. The molecule has 0 saturated carbocycles. The van der Waals surface area contributed by atoms with E-state index in [1.165, 1.54) is 0 Å². The molecule has 0 spiro atoms. The zero-order valence-electron chi connectivity index (χ0n) is 12.3. The van der Waals surface area contributed by atoms with Crippen LogP contribution in [-0.4, -0.2) is 33.5 Å². The first-order valence-electron chi connectivity index (χ1n) is 7.63. The number of thioether (sulfide) groups is 1. The SMILES string of the molecule is CCCC[C@@H]1SC2=NCCCN2[C@@]1(O)c1ccc(Cl)cc1. The summed E-state index contributed by atoms with van der Waals surface area (Å²) < 4.78 is 0. The molecule has 2 aliphatic heterocycles. The topological polar surface area (TPSA) is 35.8 Å². The fourth-order valence-corrected chi connectivity index (χ4v) is 4.69. The average molecular weight is 325 g/mol. The van der Waals surface area contributed by atoms with Crippen LogP contribution in [0.2, 0.25) is 5.02 Å². The number of unbranched alkanes of at least 4 members (excludes halogenated alkanes) is 1. The number of aliphatic hydroxyl groups is 1. The van der Waals surface area contributed by atoms with Gasteiger partial charge in [-0.05, 0) is 25.0 Å². The third-order valence-electron chi connectivity index (χ3n) is 4.21. The number of rotatable bonds is 4. The molecule has 2 aliphatic rings. The van der Waals surface area contributed by atoms with Gasteiger partial charge in [0.2, 0.25) is 0 Å². The van der Waals surface area contributed by atoms with Crippen LogP contribution in [0.15, 0.2) is 29.3 Å². The van der Waals surface area contributed by atoms with Gasteiger partial charge in [0.1, 0.15) is 0 Å². The van der Waals surface area contributed by atoms with Crippen LogP contribution in [-0.2, 0) is 5.72 Å². The lowest BCUT2D eigenvalue weighted by Crippen LogP contribution is -2.50. The summed E-state index contributed by atoms with van der Waals surface area (Å²) in [6.07, 6.45) is 4.26. The van der Waals surface area contributed by atoms with E-state index in [0.717, 1.165) is 49.5 Å². The summed E-state index contributed by atoms with van der Waals surface area (Å²) in [6, 6.07) is 7.60. The molecule has 5 heteroatoms. The quantitative estimate of drug-likeness (QED) is 0.913. The van der Waals surface area contributed by atoms with Crippen molar-refractivity contribution in [2.24, 2.45) is 4.99 Å². The number of hydrogen-bond acceptors (Lipinski definition) is 4. The van der Waals surface area contributed by atoms with Gasteiger partial charge in [-0.15, -0.1) is 0 Å². The fraction of sp³-hybridized carbons (Fsp3) is 0.562. The standard InChI is InChI=1S/C16H21ClN2OS/c1-2-3-5-14-16(20,12-6-8-13(17)9-7-12)19-11-4-10-18-15(19)21-14/h6-9,14,20H,2-5,10-11H2,1H3/t14-,16+/m0/s1. The van der Waals surface area contributed by atoms with Crippen LogP contribution < -0.4 is 0 Å². The molecule has 0 unspecified atom stereocenters. The fourth-order valence-electron chi connectivity index (χ4n) is 3.07. The number of aliphatic imine (C=N–C) groups is 1. The number of halogens is 1. The molecule has 1 fully saturated rings. The van der Waals surface area contributed by atoms with Gasteiger partial charge in [-0.2, -0.15) is 0 Å². The second-order valence-corrected chi connectivity index (χ2v) is 7.26. The Morgan fingerprint density at radius 1 is 1.43 bits per heavy atom. The summed E-state index contributed by atoms with van der Waals surface area (Å²) >= 11 is 7.73. The first-order chi connectivity index (χ1) is 10.2. The molecule has 114 valence electrons. The predicted molar refractivity (Wildman–Crippen MR) is 89.9 cm³/mol. The highest BCUT2D eigenvalue weighted by Gasteiger charge is 2.52. The Bertz CT molecular complexity index is 534. The smallest absolute Gasteiger partial charge is 0.178 e. The van der Waals surface area contributed by atoms with Gasteiger partial charge in [-0.3, -0.25) is 4.99 Å². The van der Waals surface area contributed by atoms with Crippen LogP contribution in [0.25, 0.3) is 0 Å². The molecule has 3 nitrogen and oxygen atoms in total. The second kappa shape index (κ2) is 6.19. The lowest BCUT2D eigenvalue weighted by Gasteiger charge is -2.39. The van der Waals surface area contributed by atoms with E-state index in [1.807, 2.05) is 24.3 Å². The largest absolute Gasteiger partial charge is 0.366 e. The first kappa shape index (κ1) is 15.2. The van der Waals surface area contributed by atoms with Crippen LogP contribution in [0, 0.1) is 0 Å².